The van der Waals surface area contributed by atoms with Gasteiger partial charge < -0.3 is 4.90 Å². The van der Waals surface area contributed by atoms with Gasteiger partial charge in [-0.05, 0) is 12.5 Å². The van der Waals surface area contributed by atoms with E-state index >= 15 is 0 Å². The maximum atomic E-state index is 12.5. The number of carbonyl (C=O) groups excluding carboxylic acids is 1. The molecule has 5 heteroatoms. The number of alkyl halides is 3. The number of nitrogens with zero attached hydrogens (tertiary/aromatic N) is 1. The maximum Gasteiger partial charge on any atom is 0.418 e. The summed E-state index contributed by atoms with van der Waals surface area (Å²) < 4.78 is 37.5. The van der Waals surface area contributed by atoms with Crippen molar-refractivity contribution in [2.45, 2.75) is 13.1 Å². The van der Waals surface area contributed by atoms with Gasteiger partial charge in [0.25, 0.3) is 0 Å². The molecule has 0 radical (unpaired) electrons. The molecule has 0 bridgehead atoms. The Morgan fingerprint density at radius 3 is 2.33 bits per heavy atom. The Labute approximate surface area is 85.4 Å². The zero-order valence-corrected chi connectivity index (χ0v) is 8.35. The van der Waals surface area contributed by atoms with Gasteiger partial charge in [0.1, 0.15) is 0 Å². The number of Topliss-reactive ketones (excluding diaryl/α,β-unsaturated/α-hetero) is 1. The van der Waals surface area contributed by atoms with Crippen LogP contribution in [-0.4, -0.2) is 23.9 Å². The van der Waals surface area contributed by atoms with Crippen molar-refractivity contribution in [3.8, 4) is 0 Å². The summed E-state index contributed by atoms with van der Waals surface area (Å²) in [6, 6.07) is 0. The highest BCUT2D eigenvalue weighted by Crippen LogP contribution is 2.36. The van der Waals surface area contributed by atoms with Crippen LogP contribution in [0.25, 0.3) is 0 Å². The summed E-state index contributed by atoms with van der Waals surface area (Å²) in [6.45, 7) is 4.51. The second-order valence-corrected chi connectivity index (χ2v) is 3.28. The third-order valence-electron chi connectivity index (χ3n) is 2.00. The minimum absolute atomic E-state index is 0.00711. The van der Waals surface area contributed by atoms with E-state index in [4.69, 9.17) is 0 Å². The van der Waals surface area contributed by atoms with Gasteiger partial charge in [0.2, 0.25) is 0 Å². The maximum absolute atomic E-state index is 12.5. The second-order valence-electron chi connectivity index (χ2n) is 3.28. The Morgan fingerprint density at radius 2 is 1.93 bits per heavy atom. The van der Waals surface area contributed by atoms with Crippen molar-refractivity contribution in [2.24, 2.45) is 0 Å². The van der Waals surface area contributed by atoms with Gasteiger partial charge in [0.05, 0.1) is 5.57 Å². The fourth-order valence-electron chi connectivity index (χ4n) is 1.29. The van der Waals surface area contributed by atoms with Crippen LogP contribution in [0.15, 0.2) is 35.7 Å². The van der Waals surface area contributed by atoms with Gasteiger partial charge in [-0.2, -0.15) is 13.2 Å². The first-order valence-electron chi connectivity index (χ1n) is 4.17. The molecule has 0 aromatic rings. The van der Waals surface area contributed by atoms with Crippen LogP contribution in [0.3, 0.4) is 0 Å². The molecule has 2 nitrogen and oxygen atoms in total. The van der Waals surface area contributed by atoms with Crippen LogP contribution < -0.4 is 0 Å². The van der Waals surface area contributed by atoms with E-state index in [1.54, 1.807) is 0 Å². The van der Waals surface area contributed by atoms with Crippen LogP contribution in [0.1, 0.15) is 6.92 Å². The lowest BCUT2D eigenvalue weighted by molar-refractivity contribution is -0.113. The molecule has 0 saturated carbocycles. The van der Waals surface area contributed by atoms with Crippen LogP contribution in [0.4, 0.5) is 13.2 Å². The van der Waals surface area contributed by atoms with Crippen LogP contribution >= 0.6 is 0 Å². The molecular weight excluding hydrogens is 207 g/mol. The van der Waals surface area contributed by atoms with E-state index in [-0.39, 0.29) is 11.1 Å². The molecule has 1 heterocycles. The first-order chi connectivity index (χ1) is 6.73. The fourth-order valence-corrected chi connectivity index (χ4v) is 1.29. The Morgan fingerprint density at radius 1 is 1.40 bits per heavy atom. The van der Waals surface area contributed by atoms with E-state index in [1.807, 2.05) is 0 Å². The highest BCUT2D eigenvalue weighted by molar-refractivity contribution is 5.99. The Kier molecular flexibility index (Phi) is 2.75. The highest BCUT2D eigenvalue weighted by Gasteiger charge is 2.38. The normalized spacial score (nSPS) is 17.4. The first kappa shape index (κ1) is 11.6. The van der Waals surface area contributed by atoms with Crippen molar-refractivity contribution in [2.75, 3.05) is 7.05 Å². The monoisotopic (exact) mass is 217 g/mol. The van der Waals surface area contributed by atoms with E-state index in [0.717, 1.165) is 6.20 Å². The summed E-state index contributed by atoms with van der Waals surface area (Å²) >= 11 is 0. The van der Waals surface area contributed by atoms with Crippen LogP contribution in [0.5, 0.6) is 0 Å². The van der Waals surface area contributed by atoms with Crippen molar-refractivity contribution < 1.29 is 18.0 Å². The number of hydrogen-bond acceptors (Lipinski definition) is 2. The van der Waals surface area contributed by atoms with E-state index in [1.165, 1.54) is 25.1 Å². The van der Waals surface area contributed by atoms with Crippen molar-refractivity contribution in [1.82, 2.24) is 4.90 Å². The Balaban J connectivity index is 3.16. The lowest BCUT2D eigenvalue weighted by atomic mass is 9.95. The molecule has 0 spiro atoms. The molecule has 0 atom stereocenters. The molecule has 0 saturated heterocycles. The standard InChI is InChI=1S/C10H10F3NO/c1-6-8(7(2)15)4-14(3)5-9(6)10(11,12)13/h4-5H,1H2,2-3H3. The summed E-state index contributed by atoms with van der Waals surface area (Å²) in [4.78, 5) is 12.3. The number of rotatable bonds is 1. The smallest absolute Gasteiger partial charge is 0.356 e. The molecule has 0 amide bonds. The average Bonchev–Trinajstić information content (AvgIpc) is 2.06. The minimum Gasteiger partial charge on any atom is -0.356 e. The van der Waals surface area contributed by atoms with Crippen LogP contribution in [-0.2, 0) is 4.79 Å². The molecule has 0 aromatic heterocycles. The third kappa shape index (κ3) is 2.29. The molecule has 0 aromatic carbocycles. The predicted octanol–water partition coefficient (Wildman–Crippen LogP) is 2.41. The van der Waals surface area contributed by atoms with Gasteiger partial charge in [-0.15, -0.1) is 0 Å². The van der Waals surface area contributed by atoms with Crippen molar-refractivity contribution >= 4 is 5.78 Å². The molecule has 1 aliphatic heterocycles. The lowest BCUT2D eigenvalue weighted by Crippen LogP contribution is -2.23. The quantitative estimate of drug-likeness (QED) is 0.672. The fraction of sp³-hybridized carbons (Fsp3) is 0.300. The van der Waals surface area contributed by atoms with Gasteiger partial charge in [0.15, 0.2) is 5.78 Å². The molecule has 1 aliphatic rings. The SMILES string of the molecule is C=C1C(C(C)=O)=CN(C)C=C1C(F)(F)F. The van der Waals surface area contributed by atoms with Crippen molar-refractivity contribution in [1.29, 1.82) is 0 Å². The minimum atomic E-state index is -4.49. The summed E-state index contributed by atoms with van der Waals surface area (Å²) in [7, 11) is 1.43. The Bertz CT molecular complexity index is 377. The van der Waals surface area contributed by atoms with Gasteiger partial charge in [-0.25, -0.2) is 0 Å². The van der Waals surface area contributed by atoms with Gasteiger partial charge >= 0.3 is 6.18 Å². The Hall–Kier alpha value is -1.52. The van der Waals surface area contributed by atoms with Crippen LogP contribution in [0, 0.1) is 0 Å². The zero-order valence-electron chi connectivity index (χ0n) is 8.35. The summed E-state index contributed by atoms with van der Waals surface area (Å²) in [5.74, 6) is -0.429. The van der Waals surface area contributed by atoms with Crippen molar-refractivity contribution in [3.63, 3.8) is 0 Å². The third-order valence-corrected chi connectivity index (χ3v) is 2.00. The van der Waals surface area contributed by atoms with E-state index in [2.05, 4.69) is 6.58 Å². The number of allylic oxidation sites excluding steroid dienone is 3. The van der Waals surface area contributed by atoms with E-state index in [9.17, 15) is 18.0 Å². The van der Waals surface area contributed by atoms with E-state index < -0.39 is 17.5 Å². The summed E-state index contributed by atoms with van der Waals surface area (Å²) in [5.41, 5.74) is -1.15. The molecule has 0 fully saturated rings. The molecule has 15 heavy (non-hydrogen) atoms. The number of halogens is 3. The zero-order chi connectivity index (χ0) is 11.8. The average molecular weight is 217 g/mol. The summed E-state index contributed by atoms with van der Waals surface area (Å²) in [6.07, 6.45) is -2.24. The molecule has 0 aliphatic carbocycles. The highest BCUT2D eigenvalue weighted by atomic mass is 19.4. The van der Waals surface area contributed by atoms with Crippen LogP contribution in [0.2, 0.25) is 0 Å². The number of ketones is 1. The number of hydrogen-bond donors (Lipinski definition) is 0. The van der Waals surface area contributed by atoms with Crippen molar-refractivity contribution in [3.05, 3.63) is 35.7 Å². The predicted molar refractivity (Wildman–Crippen MR) is 49.8 cm³/mol. The molecular formula is C10H10F3NO. The second kappa shape index (κ2) is 3.56. The summed E-state index contributed by atoms with van der Waals surface area (Å²) in [5, 5.41) is 0. The first-order valence-corrected chi connectivity index (χ1v) is 4.17. The van der Waals surface area contributed by atoms with Gasteiger partial charge in [-0.3, -0.25) is 4.79 Å². The molecule has 0 N–H and O–H groups in total. The van der Waals surface area contributed by atoms with Gasteiger partial charge in [-0.1, -0.05) is 6.58 Å². The molecule has 1 rings (SSSR count). The molecule has 82 valence electrons. The van der Waals surface area contributed by atoms with Gasteiger partial charge in [0, 0.05) is 25.0 Å². The molecule has 0 unspecified atom stereocenters. The largest absolute Gasteiger partial charge is 0.418 e. The topological polar surface area (TPSA) is 20.3 Å². The van der Waals surface area contributed by atoms with E-state index in [0.29, 0.717) is 0 Å². The number of carbonyl (C=O) groups is 1. The lowest BCUT2D eigenvalue weighted by Gasteiger charge is -2.24.